The topological polar surface area (TPSA) is 270 Å². The number of hydrogen-bond acceptors (Lipinski definition) is 12. The van der Waals surface area contributed by atoms with Gasteiger partial charge in [0.05, 0.1) is 36.6 Å². The van der Waals surface area contributed by atoms with Crippen molar-refractivity contribution in [2.75, 3.05) is 88.6 Å². The number of likely N-dealkylation sites (N-methyl/N-ethyl adjacent to an activating group) is 7. The summed E-state index contributed by atoms with van der Waals surface area (Å²) < 4.78 is 41.4. The molecule has 5 rings (SSSR count). The summed E-state index contributed by atoms with van der Waals surface area (Å²) in [6, 6.07) is -5.79. The van der Waals surface area contributed by atoms with E-state index < -0.39 is 173 Å². The zero-order chi connectivity index (χ0) is 72.7. The molecular formula is C69H108ClF3N12O12. The fraction of sp³-hybridized carbons (Fsp3) is 0.739. The number of carbonyl (C=O) groups excluding carboxylic acids is 12. The molecule has 3 N–H and O–H groups in total. The number of alkyl halides is 3. The Labute approximate surface area is 576 Å². The van der Waals surface area contributed by atoms with Crippen LogP contribution in [0.1, 0.15) is 169 Å². The standard InChI is InChI=1S/C69H108ClF3N12O12/c1-16-44(7)58-65(95)79(11)40-56(88)77(9)41-57(89)81(13)52(37-45-25-20-18-21-26-45)63(93)78(10)39-54(86)74-49(31-29-46-28-30-47(48(70)36-46)69(71,72)73)62(92)85-34-24-27-50(85)61(91)76-68(8,17-2)67(97)83(15)59(43(5)6)66(96)82(14)53(64(94)84-32-22-19-23-33-84)38-55(87)80(12)51(35-42(3)4)60(90)75-58/h28,30,36,42-45,49-53,58-59H,16-27,29,31-35,37-41H2,1-15H3,(H,74,86)(H,75,90)(H,76,91)/t44-,49-,50-,51-,52-,53-,58-,59-,68+/m0/s1. The summed E-state index contributed by atoms with van der Waals surface area (Å²) in [7, 11) is 9.75. The molecule has 12 amide bonds. The first kappa shape index (κ1) is 80.6. The quantitative estimate of drug-likeness (QED) is 0.239. The molecule has 0 spiro atoms. The molecule has 0 radical (unpaired) electrons. The summed E-state index contributed by atoms with van der Waals surface area (Å²) in [4.78, 5) is 188. The maximum Gasteiger partial charge on any atom is 0.417 e. The SMILES string of the molecule is CC[C@H](C)[C@@H]1NC(=O)[C@H](CC(C)C)N(C)C(=O)C[C@@H](C(=O)N2CCCCC2)N(C)C(=O)[C@H](C(C)C)N(C)C(=O)[C@@](C)(CC)NC(=O)[C@@H]2CCCN2C(=O)[C@H](CCc2ccc(C(F)(F)F)c(Cl)c2)NC(=O)CN(C)C(=O)[C@H](CC2CCCCC2)N(C)C(=O)CN(C)C(=O)CN(C)C1=O. The third-order valence-electron chi connectivity index (χ3n) is 20.2. The number of aryl methyl sites for hydroxylation is 1. The van der Waals surface area contributed by atoms with Gasteiger partial charge in [0.15, 0.2) is 0 Å². The van der Waals surface area contributed by atoms with Gasteiger partial charge in [-0.05, 0) is 112 Å². The van der Waals surface area contributed by atoms with E-state index in [0.29, 0.717) is 38.8 Å². The molecular weight excluding hydrogens is 1280 g/mol. The molecule has 1 saturated carbocycles. The number of halogens is 4. The largest absolute Gasteiger partial charge is 0.417 e. The number of rotatable bonds is 12. The Hall–Kier alpha value is -7.06. The van der Waals surface area contributed by atoms with Gasteiger partial charge in [-0.3, -0.25) is 57.5 Å². The molecule has 28 heteroatoms. The highest BCUT2D eigenvalue weighted by atomic mass is 35.5. The minimum absolute atomic E-state index is 0.0133. The molecule has 4 fully saturated rings. The van der Waals surface area contributed by atoms with Gasteiger partial charge in [-0.15, -0.1) is 0 Å². The Morgan fingerprint density at radius 3 is 1.82 bits per heavy atom. The molecule has 0 unspecified atom stereocenters. The molecule has 3 heterocycles. The summed E-state index contributed by atoms with van der Waals surface area (Å²) in [6.45, 7) is 12.9. The molecule has 0 aromatic heterocycles. The van der Waals surface area contributed by atoms with Gasteiger partial charge in [0.2, 0.25) is 70.9 Å². The van der Waals surface area contributed by atoms with Gasteiger partial charge in [-0.1, -0.05) is 105 Å². The molecule has 1 aromatic rings. The second-order valence-electron chi connectivity index (χ2n) is 28.4. The van der Waals surface area contributed by atoms with Crippen LogP contribution in [-0.2, 0) is 70.1 Å². The van der Waals surface area contributed by atoms with Crippen molar-refractivity contribution in [3.63, 3.8) is 0 Å². The second kappa shape index (κ2) is 35.6. The summed E-state index contributed by atoms with van der Waals surface area (Å²) in [5.41, 5.74) is -2.53. The average molecular weight is 1390 g/mol. The number of carbonyl (C=O) groups is 12. The molecule has 3 aliphatic heterocycles. The molecule has 1 aromatic carbocycles. The number of benzene rings is 1. The third kappa shape index (κ3) is 21.0. The lowest BCUT2D eigenvalue weighted by Crippen LogP contribution is -2.64. The highest BCUT2D eigenvalue weighted by Gasteiger charge is 2.47. The molecule has 544 valence electrons. The van der Waals surface area contributed by atoms with Crippen molar-refractivity contribution in [1.82, 2.24) is 60.0 Å². The molecule has 3 saturated heterocycles. The number of piperidine rings is 1. The Morgan fingerprint density at radius 1 is 0.649 bits per heavy atom. The third-order valence-corrected chi connectivity index (χ3v) is 20.5. The maximum atomic E-state index is 15.3. The van der Waals surface area contributed by atoms with E-state index in [2.05, 4.69) is 16.0 Å². The lowest BCUT2D eigenvalue weighted by molar-refractivity contribution is -0.156. The van der Waals surface area contributed by atoms with Crippen LogP contribution in [0.15, 0.2) is 18.2 Å². The van der Waals surface area contributed by atoms with Crippen LogP contribution in [-0.4, -0.2) is 251 Å². The minimum Gasteiger partial charge on any atom is -0.343 e. The van der Waals surface area contributed by atoms with Crippen molar-refractivity contribution >= 4 is 82.5 Å². The highest BCUT2D eigenvalue weighted by Crippen LogP contribution is 2.36. The Morgan fingerprint density at radius 2 is 1.25 bits per heavy atom. The first-order valence-corrected chi connectivity index (χ1v) is 34.9. The molecule has 9 atom stereocenters. The van der Waals surface area contributed by atoms with Gasteiger partial charge >= 0.3 is 6.18 Å². The van der Waals surface area contributed by atoms with Crippen molar-refractivity contribution in [3.05, 3.63) is 34.3 Å². The van der Waals surface area contributed by atoms with E-state index in [0.717, 1.165) is 70.3 Å². The lowest BCUT2D eigenvalue weighted by Gasteiger charge is -2.41. The van der Waals surface area contributed by atoms with E-state index in [1.807, 2.05) is 20.8 Å². The predicted molar refractivity (Wildman–Crippen MR) is 359 cm³/mol. The van der Waals surface area contributed by atoms with Crippen molar-refractivity contribution in [2.45, 2.75) is 219 Å². The number of fused-ring (bicyclic) bond motifs is 1. The maximum absolute atomic E-state index is 15.3. The monoisotopic (exact) mass is 1390 g/mol. The van der Waals surface area contributed by atoms with Crippen LogP contribution < -0.4 is 16.0 Å². The number of hydrogen-bond donors (Lipinski definition) is 3. The number of nitrogens with one attached hydrogen (secondary N) is 3. The Balaban J connectivity index is 1.61. The zero-order valence-electron chi connectivity index (χ0n) is 59.8. The summed E-state index contributed by atoms with van der Waals surface area (Å²) >= 11 is 6.12. The molecule has 0 bridgehead atoms. The average Bonchev–Trinajstić information content (AvgIpc) is 1.47. The van der Waals surface area contributed by atoms with E-state index in [9.17, 15) is 56.3 Å². The lowest BCUT2D eigenvalue weighted by atomic mass is 9.84. The van der Waals surface area contributed by atoms with Gasteiger partial charge < -0.3 is 60.0 Å². The van der Waals surface area contributed by atoms with E-state index in [-0.39, 0.29) is 62.5 Å². The normalized spacial score (nSPS) is 26.6. The van der Waals surface area contributed by atoms with E-state index in [4.69, 9.17) is 11.6 Å². The molecule has 24 nitrogen and oxygen atoms in total. The van der Waals surface area contributed by atoms with E-state index in [1.165, 1.54) is 81.9 Å². The number of nitrogens with zero attached hydrogens (tertiary/aromatic N) is 9. The molecule has 4 aliphatic rings. The summed E-state index contributed by atoms with van der Waals surface area (Å²) in [6.07, 6.45) is 2.00. The van der Waals surface area contributed by atoms with Gasteiger partial charge in [-0.25, -0.2) is 0 Å². The van der Waals surface area contributed by atoms with Gasteiger partial charge in [-0.2, -0.15) is 13.2 Å². The van der Waals surface area contributed by atoms with Gasteiger partial charge in [0, 0.05) is 69.0 Å². The van der Waals surface area contributed by atoms with E-state index in [1.54, 1.807) is 32.6 Å². The van der Waals surface area contributed by atoms with Crippen LogP contribution in [0.2, 0.25) is 5.02 Å². The minimum atomic E-state index is -4.76. The summed E-state index contributed by atoms with van der Waals surface area (Å²) in [5, 5.41) is 7.90. The molecule has 97 heavy (non-hydrogen) atoms. The Bertz CT molecular complexity index is 3000. The molecule has 1 aliphatic carbocycles. The highest BCUT2D eigenvalue weighted by molar-refractivity contribution is 6.31. The Kier molecular flexibility index (Phi) is 29.6. The van der Waals surface area contributed by atoms with Crippen LogP contribution in [0.25, 0.3) is 0 Å². The van der Waals surface area contributed by atoms with Gasteiger partial charge in [0.25, 0.3) is 0 Å². The van der Waals surface area contributed by atoms with Crippen LogP contribution in [0.4, 0.5) is 13.2 Å². The van der Waals surface area contributed by atoms with E-state index >= 15 is 14.4 Å². The fourth-order valence-electron chi connectivity index (χ4n) is 13.6. The fourth-order valence-corrected chi connectivity index (χ4v) is 13.9. The van der Waals surface area contributed by atoms with Crippen molar-refractivity contribution in [1.29, 1.82) is 0 Å². The second-order valence-corrected chi connectivity index (χ2v) is 28.8. The van der Waals surface area contributed by atoms with Gasteiger partial charge in [0.1, 0.15) is 47.8 Å². The number of amides is 12. The first-order chi connectivity index (χ1) is 45.4. The zero-order valence-corrected chi connectivity index (χ0v) is 60.5. The van der Waals surface area contributed by atoms with Crippen LogP contribution in [0.3, 0.4) is 0 Å². The van der Waals surface area contributed by atoms with Crippen molar-refractivity contribution in [3.8, 4) is 0 Å². The smallest absolute Gasteiger partial charge is 0.343 e. The predicted octanol–water partition coefficient (Wildman–Crippen LogP) is 5.35. The van der Waals surface area contributed by atoms with Crippen LogP contribution >= 0.6 is 11.6 Å². The number of likely N-dealkylation sites (tertiary alicyclic amines) is 1. The van der Waals surface area contributed by atoms with Crippen LogP contribution in [0.5, 0.6) is 0 Å². The van der Waals surface area contributed by atoms with Crippen molar-refractivity contribution in [2.24, 2.45) is 23.7 Å². The summed E-state index contributed by atoms with van der Waals surface area (Å²) in [5.74, 6) is -9.43. The van der Waals surface area contributed by atoms with Crippen LogP contribution in [0, 0.1) is 23.7 Å². The van der Waals surface area contributed by atoms with Crippen molar-refractivity contribution < 1.29 is 70.7 Å². The first-order valence-electron chi connectivity index (χ1n) is 34.5.